The minimum Gasteiger partial charge on any atom is -0.355 e. The summed E-state index contributed by atoms with van der Waals surface area (Å²) in [6.07, 6.45) is 2.19. The van der Waals surface area contributed by atoms with Crippen molar-refractivity contribution in [1.29, 1.82) is 0 Å². The van der Waals surface area contributed by atoms with Crippen LogP contribution in [-0.2, 0) is 11.2 Å². The van der Waals surface area contributed by atoms with Gasteiger partial charge in [0.25, 0.3) is 5.91 Å². The number of likely N-dealkylation sites (tertiary alicyclic amines) is 1. The Labute approximate surface area is 151 Å². The van der Waals surface area contributed by atoms with E-state index in [1.807, 2.05) is 30.1 Å². The van der Waals surface area contributed by atoms with E-state index in [0.717, 1.165) is 31.6 Å². The van der Waals surface area contributed by atoms with Crippen molar-refractivity contribution in [2.45, 2.75) is 39.2 Å². The highest BCUT2D eigenvalue weighted by atomic mass is 16.2. The summed E-state index contributed by atoms with van der Waals surface area (Å²) in [5, 5.41) is 2.63. The molecule has 0 unspecified atom stereocenters. The first-order valence-corrected chi connectivity index (χ1v) is 9.25. The first kappa shape index (κ1) is 19.4. The lowest BCUT2D eigenvalue weighted by Gasteiger charge is -2.41. The standard InChI is InChI=1S/C20H31N3O2/c1-5-23-12-11-18(15(2)14-23)22(4)19(24)10-9-16-7-6-8-17(13-16)20(25)21-3/h6-8,13,15,18H,5,9-12,14H2,1-4H3,(H,21,25)/t15-,18+/m0/s1. The Morgan fingerprint density at radius 1 is 1.36 bits per heavy atom. The molecule has 1 N–H and O–H groups in total. The van der Waals surface area contributed by atoms with Crippen LogP contribution in [0.5, 0.6) is 0 Å². The predicted octanol–water partition coefficient (Wildman–Crippen LogP) is 2.17. The molecule has 5 nitrogen and oxygen atoms in total. The van der Waals surface area contributed by atoms with Gasteiger partial charge in [0.05, 0.1) is 0 Å². The van der Waals surface area contributed by atoms with Crippen molar-refractivity contribution in [3.63, 3.8) is 0 Å². The van der Waals surface area contributed by atoms with E-state index >= 15 is 0 Å². The van der Waals surface area contributed by atoms with Crippen molar-refractivity contribution in [3.8, 4) is 0 Å². The second-order valence-electron chi connectivity index (χ2n) is 7.01. The van der Waals surface area contributed by atoms with Crippen LogP contribution in [0.15, 0.2) is 24.3 Å². The molecule has 25 heavy (non-hydrogen) atoms. The number of hydrogen-bond donors (Lipinski definition) is 1. The fraction of sp³-hybridized carbons (Fsp3) is 0.600. The van der Waals surface area contributed by atoms with Crippen molar-refractivity contribution >= 4 is 11.8 Å². The van der Waals surface area contributed by atoms with Crippen LogP contribution in [0.1, 0.15) is 42.6 Å². The SMILES string of the molecule is CCN1CC[C@@H](N(C)C(=O)CCc2cccc(C(=O)NC)c2)[C@@H](C)C1. The minimum atomic E-state index is -0.0956. The van der Waals surface area contributed by atoms with E-state index in [1.54, 1.807) is 13.1 Å². The van der Waals surface area contributed by atoms with Crippen molar-refractivity contribution in [2.75, 3.05) is 33.7 Å². The highest BCUT2D eigenvalue weighted by Gasteiger charge is 2.30. The molecule has 1 fully saturated rings. The Hall–Kier alpha value is -1.88. The molecule has 0 radical (unpaired) electrons. The van der Waals surface area contributed by atoms with Crippen LogP contribution < -0.4 is 5.32 Å². The van der Waals surface area contributed by atoms with Gasteiger partial charge in [0.15, 0.2) is 0 Å². The summed E-state index contributed by atoms with van der Waals surface area (Å²) in [5.74, 6) is 0.591. The van der Waals surface area contributed by atoms with Crippen LogP contribution in [0.25, 0.3) is 0 Å². The summed E-state index contributed by atoms with van der Waals surface area (Å²) in [6.45, 7) is 7.64. The number of nitrogens with zero attached hydrogens (tertiary/aromatic N) is 2. The molecule has 0 aliphatic carbocycles. The highest BCUT2D eigenvalue weighted by molar-refractivity contribution is 5.94. The fourth-order valence-electron chi connectivity index (χ4n) is 3.71. The van der Waals surface area contributed by atoms with Gasteiger partial charge in [-0.3, -0.25) is 9.59 Å². The molecule has 138 valence electrons. The third-order valence-electron chi connectivity index (χ3n) is 5.33. The minimum absolute atomic E-state index is 0.0956. The van der Waals surface area contributed by atoms with Gasteiger partial charge < -0.3 is 15.1 Å². The second-order valence-corrected chi connectivity index (χ2v) is 7.01. The summed E-state index contributed by atoms with van der Waals surface area (Å²) in [4.78, 5) is 28.7. The van der Waals surface area contributed by atoms with Gasteiger partial charge in [-0.2, -0.15) is 0 Å². The van der Waals surface area contributed by atoms with Gasteiger partial charge in [0.1, 0.15) is 0 Å². The highest BCUT2D eigenvalue weighted by Crippen LogP contribution is 2.22. The van der Waals surface area contributed by atoms with Gasteiger partial charge >= 0.3 is 0 Å². The lowest BCUT2D eigenvalue weighted by molar-refractivity contribution is -0.134. The monoisotopic (exact) mass is 345 g/mol. The number of amides is 2. The average molecular weight is 345 g/mol. The maximum atomic E-state index is 12.6. The number of rotatable bonds is 6. The third kappa shape index (κ3) is 5.05. The molecule has 5 heteroatoms. The van der Waals surface area contributed by atoms with Gasteiger partial charge in [-0.15, -0.1) is 0 Å². The Kier molecular flexibility index (Phi) is 7.00. The molecule has 2 rings (SSSR count). The normalized spacial score (nSPS) is 21.0. The van der Waals surface area contributed by atoms with E-state index in [2.05, 4.69) is 24.1 Å². The zero-order valence-corrected chi connectivity index (χ0v) is 15.9. The smallest absolute Gasteiger partial charge is 0.251 e. The van der Waals surface area contributed by atoms with Crippen molar-refractivity contribution < 1.29 is 9.59 Å². The summed E-state index contributed by atoms with van der Waals surface area (Å²) in [5.41, 5.74) is 1.66. The summed E-state index contributed by atoms with van der Waals surface area (Å²) >= 11 is 0. The first-order valence-electron chi connectivity index (χ1n) is 9.25. The van der Waals surface area contributed by atoms with Crippen molar-refractivity contribution in [2.24, 2.45) is 5.92 Å². The third-order valence-corrected chi connectivity index (χ3v) is 5.33. The Morgan fingerprint density at radius 2 is 2.12 bits per heavy atom. The van der Waals surface area contributed by atoms with E-state index in [-0.39, 0.29) is 11.8 Å². The summed E-state index contributed by atoms with van der Waals surface area (Å²) in [7, 11) is 3.56. The molecule has 1 aliphatic rings. The van der Waals surface area contributed by atoms with E-state index in [0.29, 0.717) is 30.4 Å². The maximum Gasteiger partial charge on any atom is 0.251 e. The molecule has 0 spiro atoms. The Balaban J connectivity index is 1.90. The van der Waals surface area contributed by atoms with Crippen LogP contribution in [0.4, 0.5) is 0 Å². The van der Waals surface area contributed by atoms with E-state index in [9.17, 15) is 9.59 Å². The quantitative estimate of drug-likeness (QED) is 0.860. The zero-order chi connectivity index (χ0) is 18.4. The van der Waals surface area contributed by atoms with Gasteiger partial charge in [-0.25, -0.2) is 0 Å². The Bertz CT molecular complexity index is 602. The van der Waals surface area contributed by atoms with Gasteiger partial charge in [-0.05, 0) is 43.0 Å². The molecule has 2 amide bonds. The number of aryl methyl sites for hydroxylation is 1. The number of carbonyl (C=O) groups is 2. The van der Waals surface area contributed by atoms with E-state index in [1.165, 1.54) is 0 Å². The molecule has 1 aromatic carbocycles. The second kappa shape index (κ2) is 8.99. The van der Waals surface area contributed by atoms with Gasteiger partial charge in [0, 0.05) is 45.2 Å². The molecule has 1 saturated heterocycles. The average Bonchev–Trinajstić information content (AvgIpc) is 2.64. The van der Waals surface area contributed by atoms with Crippen molar-refractivity contribution in [1.82, 2.24) is 15.1 Å². The fourth-order valence-corrected chi connectivity index (χ4v) is 3.71. The number of benzene rings is 1. The Morgan fingerprint density at radius 3 is 2.76 bits per heavy atom. The van der Waals surface area contributed by atoms with E-state index < -0.39 is 0 Å². The van der Waals surface area contributed by atoms with Crippen LogP contribution in [0.3, 0.4) is 0 Å². The van der Waals surface area contributed by atoms with Crippen LogP contribution in [0, 0.1) is 5.92 Å². The molecule has 0 saturated carbocycles. The molecule has 1 heterocycles. The first-order chi connectivity index (χ1) is 12.0. The number of nitrogens with one attached hydrogen (secondary N) is 1. The molecule has 1 aromatic rings. The molecule has 0 bridgehead atoms. The number of carbonyl (C=O) groups excluding carboxylic acids is 2. The molecule has 1 aliphatic heterocycles. The molecule has 0 aromatic heterocycles. The largest absolute Gasteiger partial charge is 0.355 e. The zero-order valence-electron chi connectivity index (χ0n) is 15.9. The lowest BCUT2D eigenvalue weighted by atomic mass is 9.92. The summed E-state index contributed by atoms with van der Waals surface area (Å²) in [6, 6.07) is 7.83. The lowest BCUT2D eigenvalue weighted by Crippen LogP contribution is -2.50. The van der Waals surface area contributed by atoms with E-state index in [4.69, 9.17) is 0 Å². The molecular weight excluding hydrogens is 314 g/mol. The summed E-state index contributed by atoms with van der Waals surface area (Å²) < 4.78 is 0. The van der Waals surface area contributed by atoms with Crippen LogP contribution in [-0.4, -0.2) is 61.4 Å². The topological polar surface area (TPSA) is 52.7 Å². The predicted molar refractivity (Wildman–Crippen MR) is 101 cm³/mol. The van der Waals surface area contributed by atoms with Gasteiger partial charge in [-0.1, -0.05) is 26.0 Å². The molecular formula is C20H31N3O2. The maximum absolute atomic E-state index is 12.6. The van der Waals surface area contributed by atoms with Gasteiger partial charge in [0.2, 0.25) is 5.91 Å². The number of hydrogen-bond acceptors (Lipinski definition) is 3. The number of piperidine rings is 1. The van der Waals surface area contributed by atoms with Crippen LogP contribution in [0.2, 0.25) is 0 Å². The molecule has 2 atom stereocenters. The van der Waals surface area contributed by atoms with Crippen molar-refractivity contribution in [3.05, 3.63) is 35.4 Å². The van der Waals surface area contributed by atoms with Crippen LogP contribution >= 0.6 is 0 Å².